The number of nitrogens with zero attached hydrogens (tertiary/aromatic N) is 1. The maximum Gasteiger partial charge on any atom is 0.250 e. The maximum atomic E-state index is 11.6. The molecule has 102 valence electrons. The lowest BCUT2D eigenvalue weighted by Crippen LogP contribution is -2.18. The highest BCUT2D eigenvalue weighted by Gasteiger charge is 2.01. The minimum atomic E-state index is 0.0404. The highest BCUT2D eigenvalue weighted by molar-refractivity contribution is 5.40. The van der Waals surface area contributed by atoms with Gasteiger partial charge in [-0.05, 0) is 24.6 Å². The molecule has 0 aromatic carbocycles. The summed E-state index contributed by atoms with van der Waals surface area (Å²) in [6.45, 7) is 5.50. The molecule has 2 rings (SSSR count). The average molecular weight is 260 g/mol. The number of hydrogen-bond donors (Lipinski definition) is 1. The zero-order valence-corrected chi connectivity index (χ0v) is 11.5. The lowest BCUT2D eigenvalue weighted by atomic mass is 10.3. The molecule has 0 amide bonds. The van der Waals surface area contributed by atoms with Crippen molar-refractivity contribution < 1.29 is 4.42 Å². The zero-order valence-electron chi connectivity index (χ0n) is 11.5. The van der Waals surface area contributed by atoms with Crippen LogP contribution in [0.3, 0.4) is 0 Å². The lowest BCUT2D eigenvalue weighted by molar-refractivity contribution is 0.476. The normalized spacial score (nSPS) is 10.6. The molecule has 0 saturated carbocycles. The summed E-state index contributed by atoms with van der Waals surface area (Å²) in [7, 11) is 0. The molecule has 0 fully saturated rings. The van der Waals surface area contributed by atoms with E-state index in [4.69, 9.17) is 4.42 Å². The van der Waals surface area contributed by atoms with Gasteiger partial charge in [-0.25, -0.2) is 0 Å². The standard InChI is InChI=1S/C15H20N2O2/c1-3-9-17-11-12(5-8-15(17)18)16-10-14-7-6-13(4-2)19-14/h5-8,11,16H,3-4,9-10H2,1-2H3. The van der Waals surface area contributed by atoms with Gasteiger partial charge in [0.25, 0.3) is 5.56 Å². The molecule has 4 heteroatoms. The number of anilines is 1. The first kappa shape index (κ1) is 13.5. The Bertz CT molecular complexity index is 584. The van der Waals surface area contributed by atoms with E-state index in [9.17, 15) is 4.79 Å². The van der Waals surface area contributed by atoms with Crippen LogP contribution in [0.1, 0.15) is 31.8 Å². The number of furan rings is 1. The Morgan fingerprint density at radius 3 is 2.63 bits per heavy atom. The van der Waals surface area contributed by atoms with Crippen LogP contribution in [0.25, 0.3) is 0 Å². The second-order valence-electron chi connectivity index (χ2n) is 4.52. The molecule has 4 nitrogen and oxygen atoms in total. The summed E-state index contributed by atoms with van der Waals surface area (Å²) >= 11 is 0. The van der Waals surface area contributed by atoms with Crippen molar-refractivity contribution in [2.24, 2.45) is 0 Å². The van der Waals surface area contributed by atoms with E-state index >= 15 is 0 Å². The number of pyridine rings is 1. The van der Waals surface area contributed by atoms with Gasteiger partial charge in [0.15, 0.2) is 0 Å². The predicted octanol–water partition coefficient (Wildman–Crippen LogP) is 3.03. The van der Waals surface area contributed by atoms with Crippen LogP contribution < -0.4 is 10.9 Å². The molecule has 2 heterocycles. The quantitative estimate of drug-likeness (QED) is 0.868. The van der Waals surface area contributed by atoms with Crippen LogP contribution in [0.15, 0.2) is 39.7 Å². The van der Waals surface area contributed by atoms with Gasteiger partial charge in [0, 0.05) is 25.2 Å². The topological polar surface area (TPSA) is 47.2 Å². The van der Waals surface area contributed by atoms with Crippen LogP contribution in [0, 0.1) is 0 Å². The summed E-state index contributed by atoms with van der Waals surface area (Å²) in [5, 5.41) is 3.27. The van der Waals surface area contributed by atoms with Crippen molar-refractivity contribution in [2.75, 3.05) is 5.32 Å². The largest absolute Gasteiger partial charge is 0.464 e. The first-order chi connectivity index (χ1) is 9.22. The molecule has 2 aromatic heterocycles. The van der Waals surface area contributed by atoms with E-state index in [-0.39, 0.29) is 5.56 Å². The fourth-order valence-electron chi connectivity index (χ4n) is 1.95. The average Bonchev–Trinajstić information content (AvgIpc) is 2.88. The number of nitrogens with one attached hydrogen (secondary N) is 1. The minimum Gasteiger partial charge on any atom is -0.464 e. The Balaban J connectivity index is 2.02. The van der Waals surface area contributed by atoms with Gasteiger partial charge < -0.3 is 14.3 Å². The number of rotatable bonds is 6. The second-order valence-corrected chi connectivity index (χ2v) is 4.52. The van der Waals surface area contributed by atoms with Crippen LogP contribution in [-0.2, 0) is 19.5 Å². The van der Waals surface area contributed by atoms with Gasteiger partial charge in [-0.3, -0.25) is 4.79 Å². The molecule has 0 saturated heterocycles. The van der Waals surface area contributed by atoms with Gasteiger partial charge in [0.05, 0.1) is 12.2 Å². The molecule has 0 atom stereocenters. The third kappa shape index (κ3) is 3.50. The monoisotopic (exact) mass is 260 g/mol. The second kappa shape index (κ2) is 6.27. The van der Waals surface area contributed by atoms with Gasteiger partial charge in [-0.1, -0.05) is 13.8 Å². The Morgan fingerprint density at radius 1 is 1.16 bits per heavy atom. The van der Waals surface area contributed by atoms with Crippen LogP contribution in [0.4, 0.5) is 5.69 Å². The molecular formula is C15H20N2O2. The summed E-state index contributed by atoms with van der Waals surface area (Å²) in [5.74, 6) is 1.90. The predicted molar refractivity (Wildman–Crippen MR) is 76.4 cm³/mol. The fourth-order valence-corrected chi connectivity index (χ4v) is 1.95. The van der Waals surface area contributed by atoms with Gasteiger partial charge in [-0.15, -0.1) is 0 Å². The molecule has 1 N–H and O–H groups in total. The van der Waals surface area contributed by atoms with E-state index < -0.39 is 0 Å². The molecule has 0 aliphatic rings. The molecule has 0 radical (unpaired) electrons. The van der Waals surface area contributed by atoms with E-state index in [1.807, 2.05) is 18.3 Å². The van der Waals surface area contributed by atoms with Crippen LogP contribution in [0.5, 0.6) is 0 Å². The Morgan fingerprint density at radius 2 is 1.95 bits per heavy atom. The molecule has 0 spiro atoms. The van der Waals surface area contributed by atoms with Crippen molar-refractivity contribution in [3.05, 3.63) is 52.3 Å². The smallest absolute Gasteiger partial charge is 0.250 e. The lowest BCUT2D eigenvalue weighted by Gasteiger charge is -2.08. The highest BCUT2D eigenvalue weighted by atomic mass is 16.3. The third-order valence-corrected chi connectivity index (χ3v) is 2.98. The Kier molecular flexibility index (Phi) is 4.44. The molecule has 0 unspecified atom stereocenters. The Labute approximate surface area is 113 Å². The fraction of sp³-hybridized carbons (Fsp3) is 0.400. The van der Waals surface area contributed by atoms with E-state index in [1.165, 1.54) is 0 Å². The van der Waals surface area contributed by atoms with Crippen LogP contribution in [0.2, 0.25) is 0 Å². The van der Waals surface area contributed by atoms with Crippen molar-refractivity contribution in [3.8, 4) is 0 Å². The van der Waals surface area contributed by atoms with Gasteiger partial charge in [-0.2, -0.15) is 0 Å². The third-order valence-electron chi connectivity index (χ3n) is 2.98. The molecule has 2 aromatic rings. The number of aromatic nitrogens is 1. The summed E-state index contributed by atoms with van der Waals surface area (Å²) in [5.41, 5.74) is 0.973. The summed E-state index contributed by atoms with van der Waals surface area (Å²) in [4.78, 5) is 11.6. The summed E-state index contributed by atoms with van der Waals surface area (Å²) < 4.78 is 7.35. The van der Waals surface area contributed by atoms with Crippen LogP contribution >= 0.6 is 0 Å². The summed E-state index contributed by atoms with van der Waals surface area (Å²) in [6.07, 6.45) is 3.71. The van der Waals surface area contributed by atoms with Crippen molar-refractivity contribution in [2.45, 2.75) is 39.8 Å². The van der Waals surface area contributed by atoms with E-state index in [0.717, 1.165) is 36.6 Å². The van der Waals surface area contributed by atoms with Gasteiger partial charge in [0.2, 0.25) is 0 Å². The molecule has 19 heavy (non-hydrogen) atoms. The van der Waals surface area contributed by atoms with Crippen molar-refractivity contribution in [1.82, 2.24) is 4.57 Å². The summed E-state index contributed by atoms with van der Waals surface area (Å²) in [6, 6.07) is 7.37. The molecular weight excluding hydrogens is 240 g/mol. The number of aryl methyl sites for hydroxylation is 2. The van der Waals surface area contributed by atoms with Crippen molar-refractivity contribution in [1.29, 1.82) is 0 Å². The van der Waals surface area contributed by atoms with Crippen molar-refractivity contribution in [3.63, 3.8) is 0 Å². The van der Waals surface area contributed by atoms with E-state index in [2.05, 4.69) is 19.2 Å². The molecule has 0 aliphatic carbocycles. The van der Waals surface area contributed by atoms with Crippen molar-refractivity contribution >= 4 is 5.69 Å². The highest BCUT2D eigenvalue weighted by Crippen LogP contribution is 2.11. The maximum absolute atomic E-state index is 11.6. The first-order valence-electron chi connectivity index (χ1n) is 6.75. The molecule has 0 aliphatic heterocycles. The number of hydrogen-bond acceptors (Lipinski definition) is 3. The molecule has 0 bridgehead atoms. The van der Waals surface area contributed by atoms with Crippen LogP contribution in [-0.4, -0.2) is 4.57 Å². The van der Waals surface area contributed by atoms with E-state index in [1.54, 1.807) is 16.7 Å². The SMILES string of the molecule is CCCn1cc(NCc2ccc(CC)o2)ccc1=O. The van der Waals surface area contributed by atoms with Gasteiger partial charge >= 0.3 is 0 Å². The van der Waals surface area contributed by atoms with E-state index in [0.29, 0.717) is 6.54 Å². The first-order valence-corrected chi connectivity index (χ1v) is 6.75. The Hall–Kier alpha value is -1.97. The zero-order chi connectivity index (χ0) is 13.7. The minimum absolute atomic E-state index is 0.0404. The van der Waals surface area contributed by atoms with Gasteiger partial charge in [0.1, 0.15) is 11.5 Å².